The van der Waals surface area contributed by atoms with Crippen molar-refractivity contribution in [3.05, 3.63) is 96.3 Å². The monoisotopic (exact) mass is 467 g/mol. The van der Waals surface area contributed by atoms with E-state index in [0.717, 1.165) is 11.8 Å². The van der Waals surface area contributed by atoms with E-state index in [2.05, 4.69) is 5.32 Å². The summed E-state index contributed by atoms with van der Waals surface area (Å²) in [5.41, 5.74) is 3.43. The van der Waals surface area contributed by atoms with E-state index in [1.54, 1.807) is 12.1 Å². The summed E-state index contributed by atoms with van der Waals surface area (Å²) in [5.74, 6) is -0.556. The Morgan fingerprint density at radius 1 is 0.714 bits per heavy atom. The van der Waals surface area contributed by atoms with Gasteiger partial charge in [-0.15, -0.1) is 0 Å². The van der Waals surface area contributed by atoms with Crippen molar-refractivity contribution in [1.29, 1.82) is 0 Å². The van der Waals surface area contributed by atoms with Crippen LogP contribution < -0.4 is 5.32 Å². The number of phenolic OH excluding ortho intramolecular Hbond substituents is 3. The maximum atomic E-state index is 13.6. The molecule has 0 unspecified atom stereocenters. The van der Waals surface area contributed by atoms with Gasteiger partial charge in [-0.3, -0.25) is 4.79 Å². The highest BCUT2D eigenvalue weighted by Crippen LogP contribution is 2.50. The summed E-state index contributed by atoms with van der Waals surface area (Å²) in [6.45, 7) is 0.277. The van der Waals surface area contributed by atoms with Crippen molar-refractivity contribution in [3.63, 3.8) is 0 Å². The number of fused-ring (bicyclic) bond motifs is 1. The van der Waals surface area contributed by atoms with Crippen molar-refractivity contribution >= 4 is 5.91 Å². The van der Waals surface area contributed by atoms with Gasteiger partial charge >= 0.3 is 0 Å². The molecule has 7 nitrogen and oxygen atoms in total. The molecule has 5 N–H and O–H groups in total. The SMILES string of the molecule is O=C(NCc1ccccc1)c1c2cc(O)coc-2c(-c2cc(O)cc(O)c2)c1-c1ccc(O)cc1. The molecule has 0 fully saturated rings. The first-order valence-electron chi connectivity index (χ1n) is 10.8. The van der Waals surface area contributed by atoms with Crippen LogP contribution >= 0.6 is 0 Å². The summed E-state index contributed by atoms with van der Waals surface area (Å²) in [5, 5.41) is 43.2. The molecule has 2 aliphatic rings. The number of benzene rings is 3. The molecule has 0 saturated heterocycles. The van der Waals surface area contributed by atoms with Gasteiger partial charge in [0.1, 0.15) is 29.3 Å². The van der Waals surface area contributed by atoms with Crippen molar-refractivity contribution in [2.45, 2.75) is 6.54 Å². The van der Waals surface area contributed by atoms with Gasteiger partial charge in [-0.2, -0.15) is 0 Å². The molecule has 0 aromatic heterocycles. The maximum Gasteiger partial charge on any atom is 0.252 e. The molecule has 3 aromatic rings. The molecule has 0 atom stereocenters. The minimum Gasteiger partial charge on any atom is -0.508 e. The van der Waals surface area contributed by atoms with E-state index in [1.165, 1.54) is 36.4 Å². The number of phenols is 3. The zero-order chi connectivity index (χ0) is 24.5. The van der Waals surface area contributed by atoms with Crippen LogP contribution in [-0.2, 0) is 6.54 Å². The second kappa shape index (κ2) is 8.79. The van der Waals surface area contributed by atoms with Crippen molar-refractivity contribution in [1.82, 2.24) is 5.32 Å². The average molecular weight is 467 g/mol. The predicted molar refractivity (Wildman–Crippen MR) is 130 cm³/mol. The van der Waals surface area contributed by atoms with Crippen LogP contribution in [0.2, 0.25) is 0 Å². The summed E-state index contributed by atoms with van der Waals surface area (Å²) in [6, 6.07) is 21.3. The Morgan fingerprint density at radius 2 is 1.40 bits per heavy atom. The van der Waals surface area contributed by atoms with Crippen LogP contribution in [0.5, 0.6) is 23.0 Å². The topological polar surface area (TPSA) is 123 Å². The summed E-state index contributed by atoms with van der Waals surface area (Å²) in [7, 11) is 0. The van der Waals surface area contributed by atoms with Gasteiger partial charge in [-0.05, 0) is 47.0 Å². The number of carbonyl (C=O) groups excluding carboxylic acids is 1. The lowest BCUT2D eigenvalue weighted by atomic mass is 9.95. The maximum absolute atomic E-state index is 13.6. The Kier molecular flexibility index (Phi) is 5.51. The van der Waals surface area contributed by atoms with Gasteiger partial charge < -0.3 is 30.2 Å². The summed E-state index contributed by atoms with van der Waals surface area (Å²) < 4.78 is 5.74. The number of rotatable bonds is 5. The van der Waals surface area contributed by atoms with Crippen LogP contribution in [0.4, 0.5) is 0 Å². The summed E-state index contributed by atoms with van der Waals surface area (Å²) in [6.07, 6.45) is 1.15. The first kappa shape index (κ1) is 21.9. The van der Waals surface area contributed by atoms with E-state index in [1.807, 2.05) is 30.3 Å². The van der Waals surface area contributed by atoms with Crippen molar-refractivity contribution in [3.8, 4) is 56.6 Å². The van der Waals surface area contributed by atoms with Gasteiger partial charge in [-0.25, -0.2) is 0 Å². The number of hydrogen-bond donors (Lipinski definition) is 5. The van der Waals surface area contributed by atoms with Crippen LogP contribution in [0.1, 0.15) is 15.9 Å². The normalized spacial score (nSPS) is 11.0. The molecule has 0 radical (unpaired) electrons. The average Bonchev–Trinajstić information content (AvgIpc) is 3.17. The molecule has 35 heavy (non-hydrogen) atoms. The second-order valence-electron chi connectivity index (χ2n) is 8.13. The molecule has 0 bridgehead atoms. The quantitative estimate of drug-likeness (QED) is 0.234. The Labute approximate surface area is 200 Å². The highest BCUT2D eigenvalue weighted by Gasteiger charge is 2.32. The molecule has 0 spiro atoms. The lowest BCUT2D eigenvalue weighted by molar-refractivity contribution is 0.0952. The first-order chi connectivity index (χ1) is 16.9. The zero-order valence-corrected chi connectivity index (χ0v) is 18.4. The van der Waals surface area contributed by atoms with E-state index >= 15 is 0 Å². The Hall–Kier alpha value is -4.91. The predicted octanol–water partition coefficient (Wildman–Crippen LogP) is 5.47. The van der Waals surface area contributed by atoms with Gasteiger partial charge in [-0.1, -0.05) is 42.5 Å². The van der Waals surface area contributed by atoms with E-state index in [4.69, 9.17) is 4.42 Å². The smallest absolute Gasteiger partial charge is 0.252 e. The number of carbonyl (C=O) groups is 1. The summed E-state index contributed by atoms with van der Waals surface area (Å²) in [4.78, 5) is 13.6. The van der Waals surface area contributed by atoms with Crippen molar-refractivity contribution < 1.29 is 29.6 Å². The van der Waals surface area contributed by atoms with Gasteiger partial charge in [0.15, 0.2) is 5.75 Å². The van der Waals surface area contributed by atoms with E-state index in [9.17, 15) is 25.2 Å². The zero-order valence-electron chi connectivity index (χ0n) is 18.4. The van der Waals surface area contributed by atoms with Crippen molar-refractivity contribution in [2.75, 3.05) is 0 Å². The minimum absolute atomic E-state index is 0.0545. The number of hydrogen-bond acceptors (Lipinski definition) is 6. The minimum atomic E-state index is -0.404. The third-order valence-electron chi connectivity index (χ3n) is 5.70. The Morgan fingerprint density at radius 3 is 2.09 bits per heavy atom. The second-order valence-corrected chi connectivity index (χ2v) is 8.13. The number of nitrogens with one attached hydrogen (secondary N) is 1. The highest BCUT2D eigenvalue weighted by atomic mass is 16.3. The lowest BCUT2D eigenvalue weighted by Gasteiger charge is -2.11. The first-order valence-corrected chi connectivity index (χ1v) is 10.8. The van der Waals surface area contributed by atoms with Gasteiger partial charge in [0, 0.05) is 29.3 Å². The third-order valence-corrected chi connectivity index (χ3v) is 5.70. The van der Waals surface area contributed by atoms with Crippen LogP contribution in [0.15, 0.2) is 89.5 Å². The van der Waals surface area contributed by atoms with Gasteiger partial charge in [0.25, 0.3) is 5.91 Å². The number of aromatic hydroxyl groups is 4. The van der Waals surface area contributed by atoms with Crippen LogP contribution in [0.25, 0.3) is 33.6 Å². The molecule has 0 saturated carbocycles. The molecule has 1 heterocycles. The third kappa shape index (κ3) is 4.22. The fraction of sp³-hybridized carbons (Fsp3) is 0.0357. The molecule has 174 valence electrons. The van der Waals surface area contributed by atoms with Crippen LogP contribution in [-0.4, -0.2) is 26.3 Å². The molecule has 1 aliphatic heterocycles. The van der Waals surface area contributed by atoms with E-state index in [-0.39, 0.29) is 35.1 Å². The Balaban J connectivity index is 1.76. The molecular weight excluding hydrogens is 446 g/mol. The largest absolute Gasteiger partial charge is 0.508 e. The molecule has 1 aliphatic carbocycles. The highest BCUT2D eigenvalue weighted by molar-refractivity contribution is 6.15. The number of amides is 1. The Bertz CT molecular complexity index is 1470. The van der Waals surface area contributed by atoms with Gasteiger partial charge in [0.05, 0.1) is 5.56 Å². The lowest BCUT2D eigenvalue weighted by Crippen LogP contribution is -2.23. The fourth-order valence-corrected chi connectivity index (χ4v) is 4.22. The molecule has 1 amide bonds. The molecule has 5 rings (SSSR count). The molecule has 7 heteroatoms. The molecular formula is C28H21NO6. The van der Waals surface area contributed by atoms with E-state index < -0.39 is 5.91 Å². The van der Waals surface area contributed by atoms with Crippen LogP contribution in [0, 0.1) is 0 Å². The molecule has 3 aromatic carbocycles. The van der Waals surface area contributed by atoms with Crippen molar-refractivity contribution in [2.24, 2.45) is 0 Å². The van der Waals surface area contributed by atoms with E-state index in [0.29, 0.717) is 33.6 Å². The summed E-state index contributed by atoms with van der Waals surface area (Å²) >= 11 is 0. The standard InChI is InChI=1S/C28H21NO6/c30-19-8-6-17(7-9-19)24-25(18-10-20(31)12-21(32)11-18)27-23(13-22(33)15-35-27)26(24)28(34)29-14-16-4-2-1-3-5-16/h1-13,15,30-33H,14H2,(H,29,34). The van der Waals surface area contributed by atoms with Crippen LogP contribution in [0.3, 0.4) is 0 Å². The van der Waals surface area contributed by atoms with Gasteiger partial charge in [0.2, 0.25) is 0 Å². The fourth-order valence-electron chi connectivity index (χ4n) is 4.22.